The van der Waals surface area contributed by atoms with Gasteiger partial charge >= 0.3 is 0 Å². The SMILES string of the molecule is O=C(NC(=S)Nc1cccc(-c2nc3ccccc3[nH]2)c1)c1sc2cc(Cl)ccc2c1Cl. The Kier molecular flexibility index (Phi) is 5.57. The zero-order chi connectivity index (χ0) is 22.2. The molecule has 0 atom stereocenters. The molecule has 2 heterocycles. The fourth-order valence-electron chi connectivity index (χ4n) is 3.34. The third-order valence-electron chi connectivity index (χ3n) is 4.81. The predicted molar refractivity (Wildman–Crippen MR) is 137 cm³/mol. The van der Waals surface area contributed by atoms with Crippen molar-refractivity contribution < 1.29 is 4.79 Å². The number of benzene rings is 3. The van der Waals surface area contributed by atoms with Crippen LogP contribution in [0.4, 0.5) is 5.69 Å². The summed E-state index contributed by atoms with van der Waals surface area (Å²) in [4.78, 5) is 21.1. The van der Waals surface area contributed by atoms with Crippen molar-refractivity contribution in [3.8, 4) is 11.4 Å². The number of thiocarbonyl (C=S) groups is 1. The van der Waals surface area contributed by atoms with Crippen LogP contribution < -0.4 is 10.6 Å². The van der Waals surface area contributed by atoms with Crippen molar-refractivity contribution in [2.75, 3.05) is 5.32 Å². The highest BCUT2D eigenvalue weighted by Gasteiger charge is 2.18. The summed E-state index contributed by atoms with van der Waals surface area (Å²) < 4.78 is 0.838. The van der Waals surface area contributed by atoms with E-state index in [0.29, 0.717) is 14.9 Å². The molecule has 0 spiro atoms. The Morgan fingerprint density at radius 3 is 2.72 bits per heavy atom. The normalized spacial score (nSPS) is 11.1. The van der Waals surface area contributed by atoms with Gasteiger partial charge < -0.3 is 10.3 Å². The van der Waals surface area contributed by atoms with Crippen LogP contribution in [0.25, 0.3) is 32.5 Å². The summed E-state index contributed by atoms with van der Waals surface area (Å²) in [5.41, 5.74) is 3.47. The number of hydrogen-bond donors (Lipinski definition) is 3. The minimum absolute atomic E-state index is 0.170. The van der Waals surface area contributed by atoms with Crippen molar-refractivity contribution in [2.45, 2.75) is 0 Å². The average Bonchev–Trinajstić information content (AvgIpc) is 3.35. The number of carbonyl (C=O) groups excluding carboxylic acids is 1. The summed E-state index contributed by atoms with van der Waals surface area (Å²) in [6.45, 7) is 0. The molecule has 3 aromatic carbocycles. The van der Waals surface area contributed by atoms with Crippen LogP contribution in [0.15, 0.2) is 66.7 Å². The van der Waals surface area contributed by atoms with Crippen LogP contribution in [0.2, 0.25) is 10.0 Å². The number of nitrogens with one attached hydrogen (secondary N) is 3. The molecule has 9 heteroatoms. The highest BCUT2D eigenvalue weighted by Crippen LogP contribution is 2.36. The number of H-pyrrole nitrogens is 1. The first-order chi connectivity index (χ1) is 15.5. The fourth-order valence-corrected chi connectivity index (χ4v) is 5.24. The van der Waals surface area contributed by atoms with Crippen molar-refractivity contribution in [3.63, 3.8) is 0 Å². The van der Waals surface area contributed by atoms with E-state index >= 15 is 0 Å². The molecular weight excluding hydrogens is 483 g/mol. The number of anilines is 1. The second-order valence-corrected chi connectivity index (χ2v) is 9.25. The van der Waals surface area contributed by atoms with Gasteiger partial charge in [-0.25, -0.2) is 4.98 Å². The van der Waals surface area contributed by atoms with E-state index in [9.17, 15) is 4.79 Å². The molecule has 5 nitrogen and oxygen atoms in total. The van der Waals surface area contributed by atoms with Gasteiger partial charge in [0.2, 0.25) is 0 Å². The van der Waals surface area contributed by atoms with Gasteiger partial charge in [0.05, 0.1) is 16.1 Å². The molecule has 0 fully saturated rings. The lowest BCUT2D eigenvalue weighted by Crippen LogP contribution is -2.33. The molecular formula is C23H14Cl2N4OS2. The zero-order valence-electron chi connectivity index (χ0n) is 16.3. The second kappa shape index (κ2) is 8.52. The Hall–Kier alpha value is -2.97. The summed E-state index contributed by atoms with van der Waals surface area (Å²) >= 11 is 19.1. The molecule has 3 N–H and O–H groups in total. The van der Waals surface area contributed by atoms with E-state index in [1.807, 2.05) is 48.5 Å². The highest BCUT2D eigenvalue weighted by atomic mass is 35.5. The van der Waals surface area contributed by atoms with E-state index in [0.717, 1.165) is 38.2 Å². The standard InChI is InChI=1S/C23H14Cl2N4OS2/c24-13-8-9-15-18(11-13)32-20(19(15)25)22(30)29-23(31)26-14-5-3-4-12(10-14)21-27-16-6-1-2-7-17(16)28-21/h1-11H,(H,27,28)(H2,26,29,30,31). The number of halogens is 2. The number of fused-ring (bicyclic) bond motifs is 2. The largest absolute Gasteiger partial charge is 0.338 e. The lowest BCUT2D eigenvalue weighted by atomic mass is 10.2. The molecule has 0 unspecified atom stereocenters. The molecule has 0 saturated heterocycles. The summed E-state index contributed by atoms with van der Waals surface area (Å²) in [6, 6.07) is 20.8. The molecule has 2 aromatic heterocycles. The van der Waals surface area contributed by atoms with E-state index < -0.39 is 0 Å². The van der Waals surface area contributed by atoms with Gasteiger partial charge in [0.1, 0.15) is 10.7 Å². The molecule has 0 bridgehead atoms. The molecule has 0 radical (unpaired) electrons. The fraction of sp³-hybridized carbons (Fsp3) is 0. The minimum atomic E-state index is -0.377. The molecule has 0 aliphatic rings. The van der Waals surface area contributed by atoms with Crippen LogP contribution in [0.1, 0.15) is 9.67 Å². The third kappa shape index (κ3) is 4.08. The van der Waals surface area contributed by atoms with Crippen molar-refractivity contribution in [3.05, 3.63) is 81.7 Å². The van der Waals surface area contributed by atoms with Crippen molar-refractivity contribution in [1.29, 1.82) is 0 Å². The Balaban J connectivity index is 1.33. The van der Waals surface area contributed by atoms with Crippen molar-refractivity contribution >= 4 is 84.6 Å². The average molecular weight is 497 g/mol. The van der Waals surface area contributed by atoms with E-state index in [1.54, 1.807) is 18.2 Å². The molecule has 5 rings (SSSR count). The number of amides is 1. The van der Waals surface area contributed by atoms with Crippen molar-refractivity contribution in [2.24, 2.45) is 0 Å². The molecule has 5 aromatic rings. The van der Waals surface area contributed by atoms with Crippen LogP contribution in [-0.4, -0.2) is 21.0 Å². The van der Waals surface area contributed by atoms with Gasteiger partial charge in [0, 0.05) is 26.4 Å². The number of thiophene rings is 1. The van der Waals surface area contributed by atoms with E-state index in [1.165, 1.54) is 11.3 Å². The zero-order valence-corrected chi connectivity index (χ0v) is 19.4. The number of carbonyl (C=O) groups is 1. The number of para-hydroxylation sites is 2. The smallest absolute Gasteiger partial charge is 0.269 e. The highest BCUT2D eigenvalue weighted by molar-refractivity contribution is 7.80. The molecule has 32 heavy (non-hydrogen) atoms. The van der Waals surface area contributed by atoms with Crippen LogP contribution in [-0.2, 0) is 0 Å². The lowest BCUT2D eigenvalue weighted by molar-refractivity contribution is 0.0982. The number of aromatic nitrogens is 2. The Morgan fingerprint density at radius 1 is 1.03 bits per heavy atom. The maximum atomic E-state index is 12.7. The number of aromatic amines is 1. The van der Waals surface area contributed by atoms with Crippen LogP contribution in [0.5, 0.6) is 0 Å². The topological polar surface area (TPSA) is 69.8 Å². The van der Waals surface area contributed by atoms with Gasteiger partial charge in [-0.3, -0.25) is 10.1 Å². The summed E-state index contributed by atoms with van der Waals surface area (Å²) in [7, 11) is 0. The molecule has 1 amide bonds. The summed E-state index contributed by atoms with van der Waals surface area (Å²) in [5, 5.41) is 7.66. The van der Waals surface area contributed by atoms with Gasteiger partial charge in [-0.2, -0.15) is 0 Å². The molecule has 0 aliphatic heterocycles. The number of nitrogens with zero attached hydrogens (tertiary/aromatic N) is 1. The Labute approximate surface area is 202 Å². The quantitative estimate of drug-likeness (QED) is 0.238. The third-order valence-corrected chi connectivity index (χ3v) is 6.90. The van der Waals surface area contributed by atoms with Gasteiger partial charge in [-0.1, -0.05) is 53.5 Å². The van der Waals surface area contributed by atoms with Gasteiger partial charge in [0.15, 0.2) is 5.11 Å². The van der Waals surface area contributed by atoms with Crippen LogP contribution >= 0.6 is 46.8 Å². The first-order valence-electron chi connectivity index (χ1n) is 9.53. The number of hydrogen-bond acceptors (Lipinski definition) is 4. The number of rotatable bonds is 3. The summed E-state index contributed by atoms with van der Waals surface area (Å²) in [6.07, 6.45) is 0. The maximum absolute atomic E-state index is 12.7. The monoisotopic (exact) mass is 496 g/mol. The number of imidazole rings is 1. The Bertz CT molecular complexity index is 1480. The minimum Gasteiger partial charge on any atom is -0.338 e. The van der Waals surface area contributed by atoms with Crippen LogP contribution in [0.3, 0.4) is 0 Å². The van der Waals surface area contributed by atoms with E-state index in [4.69, 9.17) is 35.4 Å². The van der Waals surface area contributed by atoms with E-state index in [2.05, 4.69) is 20.6 Å². The van der Waals surface area contributed by atoms with Crippen LogP contribution in [0, 0.1) is 0 Å². The van der Waals surface area contributed by atoms with Crippen molar-refractivity contribution in [1.82, 2.24) is 15.3 Å². The van der Waals surface area contributed by atoms with Gasteiger partial charge in [-0.05, 0) is 48.6 Å². The van der Waals surface area contributed by atoms with Gasteiger partial charge in [0.25, 0.3) is 5.91 Å². The molecule has 0 saturated carbocycles. The Morgan fingerprint density at radius 2 is 1.88 bits per heavy atom. The lowest BCUT2D eigenvalue weighted by Gasteiger charge is -2.10. The predicted octanol–water partition coefficient (Wildman–Crippen LogP) is 6.88. The summed E-state index contributed by atoms with van der Waals surface area (Å²) in [5.74, 6) is 0.374. The second-order valence-electron chi connectivity index (χ2n) is 6.98. The first-order valence-corrected chi connectivity index (χ1v) is 11.5. The van der Waals surface area contributed by atoms with E-state index in [-0.39, 0.29) is 11.0 Å². The van der Waals surface area contributed by atoms with Gasteiger partial charge in [-0.15, -0.1) is 11.3 Å². The first kappa shape index (κ1) is 20.9. The molecule has 158 valence electrons. The molecule has 0 aliphatic carbocycles. The maximum Gasteiger partial charge on any atom is 0.269 e.